The second-order valence-corrected chi connectivity index (χ2v) is 9.01. The zero-order valence-electron chi connectivity index (χ0n) is 17.2. The average molecular weight is 349 g/mol. The zero-order valence-corrected chi connectivity index (χ0v) is 17.2. The summed E-state index contributed by atoms with van der Waals surface area (Å²) in [5, 5.41) is 10.7. The minimum atomic E-state index is -0.230. The first-order valence-corrected chi connectivity index (χ1v) is 9.55. The van der Waals surface area contributed by atoms with Gasteiger partial charge in [-0.3, -0.25) is 4.79 Å². The smallest absolute Gasteiger partial charge is 0.311 e. The van der Waals surface area contributed by atoms with Gasteiger partial charge in [0, 0.05) is 17.5 Å². The normalized spacial score (nSPS) is 12.3. The Bertz CT molecular complexity index is 539. The second-order valence-electron chi connectivity index (χ2n) is 9.01. The maximum Gasteiger partial charge on any atom is 0.311 e. The summed E-state index contributed by atoms with van der Waals surface area (Å²) in [6.07, 6.45) is 5.97. The van der Waals surface area contributed by atoms with Gasteiger partial charge in [-0.15, -0.1) is 0 Å². The number of esters is 1. The van der Waals surface area contributed by atoms with Crippen molar-refractivity contribution in [3.8, 4) is 11.5 Å². The lowest BCUT2D eigenvalue weighted by Crippen LogP contribution is -2.18. The Labute approximate surface area is 153 Å². The summed E-state index contributed by atoms with van der Waals surface area (Å²) < 4.78 is 5.60. The van der Waals surface area contributed by atoms with Crippen molar-refractivity contribution in [3.63, 3.8) is 0 Å². The molecule has 1 aromatic carbocycles. The van der Waals surface area contributed by atoms with Crippen molar-refractivity contribution in [2.45, 2.75) is 97.8 Å². The second kappa shape index (κ2) is 8.73. The molecular weight excluding hydrogens is 312 g/mol. The van der Waals surface area contributed by atoms with Crippen LogP contribution in [0.25, 0.3) is 0 Å². The van der Waals surface area contributed by atoms with Crippen LogP contribution in [0.15, 0.2) is 12.1 Å². The van der Waals surface area contributed by atoms with Crippen molar-refractivity contribution in [1.29, 1.82) is 0 Å². The highest BCUT2D eigenvalue weighted by molar-refractivity contribution is 5.72. The van der Waals surface area contributed by atoms with Gasteiger partial charge in [-0.25, -0.2) is 0 Å². The fraction of sp³-hybridized carbons (Fsp3) is 0.682. The predicted molar refractivity (Wildman–Crippen MR) is 105 cm³/mol. The first kappa shape index (κ1) is 21.5. The van der Waals surface area contributed by atoms with Crippen molar-refractivity contribution in [1.82, 2.24) is 0 Å². The van der Waals surface area contributed by atoms with Crippen LogP contribution in [0.5, 0.6) is 11.5 Å². The number of hydrogen-bond acceptors (Lipinski definition) is 3. The van der Waals surface area contributed by atoms with Gasteiger partial charge in [-0.05, 0) is 29.4 Å². The van der Waals surface area contributed by atoms with E-state index in [1.807, 2.05) is 41.5 Å². The van der Waals surface area contributed by atoms with Crippen LogP contribution >= 0.6 is 0 Å². The molecule has 1 N–H and O–H groups in total. The fourth-order valence-corrected chi connectivity index (χ4v) is 2.87. The third-order valence-corrected chi connectivity index (χ3v) is 4.42. The van der Waals surface area contributed by atoms with Gasteiger partial charge in [0.05, 0.1) is 0 Å². The number of carbonyl (C=O) groups excluding carboxylic acids is 1. The molecule has 0 unspecified atom stereocenters. The molecule has 0 aliphatic rings. The molecule has 3 nitrogen and oxygen atoms in total. The van der Waals surface area contributed by atoms with E-state index in [4.69, 9.17) is 4.74 Å². The molecule has 3 heteroatoms. The number of aromatic hydroxyl groups is 1. The first-order chi connectivity index (χ1) is 11.5. The van der Waals surface area contributed by atoms with E-state index in [1.54, 1.807) is 12.1 Å². The molecular formula is C22H36O3. The van der Waals surface area contributed by atoms with Crippen molar-refractivity contribution in [2.24, 2.45) is 0 Å². The maximum atomic E-state index is 12.2. The maximum absolute atomic E-state index is 12.2. The standard InChI is InChI=1S/C22H36O3/c1-8-9-10-11-12-13-19(23)25-16-14-17(21(2,3)4)20(24)18(15-16)22(5,6)7/h14-15,24H,8-13H2,1-7H3. The van der Waals surface area contributed by atoms with Crippen molar-refractivity contribution in [3.05, 3.63) is 23.3 Å². The lowest BCUT2D eigenvalue weighted by molar-refractivity contribution is -0.134. The molecule has 0 atom stereocenters. The van der Waals surface area contributed by atoms with Crippen LogP contribution in [-0.4, -0.2) is 11.1 Å². The van der Waals surface area contributed by atoms with Crippen molar-refractivity contribution >= 4 is 5.97 Å². The largest absolute Gasteiger partial charge is 0.507 e. The molecule has 0 amide bonds. The molecule has 0 heterocycles. The molecule has 142 valence electrons. The van der Waals surface area contributed by atoms with Crippen LogP contribution in [0.1, 0.15) is 98.1 Å². The summed E-state index contributed by atoms with van der Waals surface area (Å²) in [4.78, 5) is 12.2. The van der Waals surface area contributed by atoms with Gasteiger partial charge >= 0.3 is 5.97 Å². The van der Waals surface area contributed by atoms with Crippen LogP contribution in [-0.2, 0) is 15.6 Å². The molecule has 0 saturated carbocycles. The molecule has 25 heavy (non-hydrogen) atoms. The molecule has 0 aliphatic carbocycles. The summed E-state index contributed by atoms with van der Waals surface area (Å²) in [5.41, 5.74) is 1.16. The van der Waals surface area contributed by atoms with Crippen molar-refractivity contribution < 1.29 is 14.6 Å². The van der Waals surface area contributed by atoms with Gasteiger partial charge in [-0.1, -0.05) is 74.1 Å². The Balaban J connectivity index is 2.94. The molecule has 0 radical (unpaired) electrons. The number of rotatable bonds is 7. The van der Waals surface area contributed by atoms with Gasteiger partial charge < -0.3 is 9.84 Å². The Kier molecular flexibility index (Phi) is 7.52. The SMILES string of the molecule is CCCCCCCC(=O)Oc1cc(C(C)(C)C)c(O)c(C(C)(C)C)c1. The van der Waals surface area contributed by atoms with Gasteiger partial charge in [0.25, 0.3) is 0 Å². The predicted octanol–water partition coefficient (Wildman–Crippen LogP) is 6.25. The number of phenols is 1. The Morgan fingerprint density at radius 3 is 1.84 bits per heavy atom. The summed E-state index contributed by atoms with van der Waals surface area (Å²) in [5.74, 6) is 0.646. The topological polar surface area (TPSA) is 46.5 Å². The highest BCUT2D eigenvalue weighted by atomic mass is 16.5. The zero-order chi connectivity index (χ0) is 19.3. The van der Waals surface area contributed by atoms with Crippen LogP contribution in [0, 0.1) is 0 Å². The summed E-state index contributed by atoms with van der Waals surface area (Å²) in [6.45, 7) is 14.5. The average Bonchev–Trinajstić information content (AvgIpc) is 2.46. The van der Waals surface area contributed by atoms with Gasteiger partial charge in [0.2, 0.25) is 0 Å². The highest BCUT2D eigenvalue weighted by Crippen LogP contribution is 2.41. The number of phenolic OH excluding ortho intramolecular Hbond substituents is 1. The Morgan fingerprint density at radius 2 is 1.40 bits per heavy atom. The summed E-state index contributed by atoms with van der Waals surface area (Å²) in [6, 6.07) is 3.61. The lowest BCUT2D eigenvalue weighted by Gasteiger charge is -2.27. The first-order valence-electron chi connectivity index (χ1n) is 9.55. The van der Waals surface area contributed by atoms with Gasteiger partial charge in [0.15, 0.2) is 0 Å². The third kappa shape index (κ3) is 6.72. The highest BCUT2D eigenvalue weighted by Gasteiger charge is 2.27. The number of ether oxygens (including phenoxy) is 1. The molecule has 0 saturated heterocycles. The molecule has 0 fully saturated rings. The monoisotopic (exact) mass is 348 g/mol. The summed E-state index contributed by atoms with van der Waals surface area (Å²) >= 11 is 0. The van der Waals surface area contributed by atoms with E-state index in [1.165, 1.54) is 19.3 Å². The van der Waals surface area contributed by atoms with E-state index < -0.39 is 0 Å². The van der Waals surface area contributed by atoms with E-state index in [-0.39, 0.29) is 16.8 Å². The quantitative estimate of drug-likeness (QED) is 0.360. The van der Waals surface area contributed by atoms with E-state index in [0.717, 1.165) is 24.0 Å². The van der Waals surface area contributed by atoms with E-state index in [2.05, 4.69) is 6.92 Å². The molecule has 0 aromatic heterocycles. The summed E-state index contributed by atoms with van der Waals surface area (Å²) in [7, 11) is 0. The van der Waals surface area contributed by atoms with Gasteiger partial charge in [-0.2, -0.15) is 0 Å². The Hall–Kier alpha value is -1.51. The Morgan fingerprint density at radius 1 is 0.920 bits per heavy atom. The number of hydrogen-bond donors (Lipinski definition) is 1. The number of carbonyl (C=O) groups is 1. The van der Waals surface area contributed by atoms with Crippen LogP contribution in [0.4, 0.5) is 0 Å². The molecule has 1 rings (SSSR count). The lowest BCUT2D eigenvalue weighted by atomic mass is 9.79. The van der Waals surface area contributed by atoms with E-state index in [9.17, 15) is 9.90 Å². The third-order valence-electron chi connectivity index (χ3n) is 4.42. The number of benzene rings is 1. The van der Waals surface area contributed by atoms with Crippen LogP contribution in [0.2, 0.25) is 0 Å². The minimum Gasteiger partial charge on any atom is -0.507 e. The number of unbranched alkanes of at least 4 members (excludes halogenated alkanes) is 4. The van der Waals surface area contributed by atoms with Gasteiger partial charge in [0.1, 0.15) is 11.5 Å². The fourth-order valence-electron chi connectivity index (χ4n) is 2.87. The van der Waals surface area contributed by atoms with Crippen molar-refractivity contribution in [2.75, 3.05) is 0 Å². The van der Waals surface area contributed by atoms with E-state index in [0.29, 0.717) is 17.9 Å². The molecule has 0 spiro atoms. The van der Waals surface area contributed by atoms with Crippen LogP contribution < -0.4 is 4.74 Å². The van der Waals surface area contributed by atoms with Crippen LogP contribution in [0.3, 0.4) is 0 Å². The molecule has 0 bridgehead atoms. The molecule has 0 aliphatic heterocycles. The minimum absolute atomic E-state index is 0.193. The van der Waals surface area contributed by atoms with E-state index >= 15 is 0 Å². The molecule has 1 aromatic rings.